The second-order valence-electron chi connectivity index (χ2n) is 5.11. The van der Waals surface area contributed by atoms with Crippen LogP contribution in [0.25, 0.3) is 0 Å². The summed E-state index contributed by atoms with van der Waals surface area (Å²) in [5.41, 5.74) is 1.93. The molecule has 112 valence electrons. The van der Waals surface area contributed by atoms with Crippen molar-refractivity contribution in [1.29, 1.82) is 0 Å². The third-order valence-corrected chi connectivity index (χ3v) is 3.44. The quantitative estimate of drug-likeness (QED) is 0.874. The van der Waals surface area contributed by atoms with Gasteiger partial charge in [0.2, 0.25) is 0 Å². The van der Waals surface area contributed by atoms with Crippen molar-refractivity contribution in [2.24, 2.45) is 0 Å². The van der Waals surface area contributed by atoms with Gasteiger partial charge in [0.05, 0.1) is 6.08 Å². The Kier molecular flexibility index (Phi) is 4.10. The lowest BCUT2D eigenvalue weighted by Crippen LogP contribution is -2.15. The van der Waals surface area contributed by atoms with Gasteiger partial charge in [-0.3, -0.25) is 0 Å². The molecule has 0 radical (unpaired) electrons. The lowest BCUT2D eigenvalue weighted by atomic mass is 10.0. The van der Waals surface area contributed by atoms with Gasteiger partial charge in [0.1, 0.15) is 24.2 Å². The number of aliphatic hydroxyl groups excluding tert-OH is 1. The van der Waals surface area contributed by atoms with Crippen molar-refractivity contribution in [3.63, 3.8) is 0 Å². The van der Waals surface area contributed by atoms with Crippen LogP contribution in [0.5, 0.6) is 5.75 Å². The highest BCUT2D eigenvalue weighted by Gasteiger charge is 2.22. The molecule has 3 rings (SSSR count). The minimum Gasteiger partial charge on any atom is -0.512 e. The molecular formula is C18H16O4. The summed E-state index contributed by atoms with van der Waals surface area (Å²) >= 11 is 0. The third kappa shape index (κ3) is 3.47. The summed E-state index contributed by atoms with van der Waals surface area (Å²) in [6.07, 6.45) is 0.963. The van der Waals surface area contributed by atoms with E-state index < -0.39 is 12.1 Å². The Morgan fingerprint density at radius 2 is 1.82 bits per heavy atom. The second-order valence-corrected chi connectivity index (χ2v) is 5.11. The zero-order valence-corrected chi connectivity index (χ0v) is 11.9. The van der Waals surface area contributed by atoms with Gasteiger partial charge in [0, 0.05) is 6.42 Å². The van der Waals surface area contributed by atoms with Crippen LogP contribution in [-0.2, 0) is 16.1 Å². The maximum atomic E-state index is 11.3. The smallest absolute Gasteiger partial charge is 0.334 e. The molecule has 2 aromatic rings. The molecule has 4 heteroatoms. The SMILES string of the molecule is O=C1C=C(O)CC(c2ccc(OCc3ccccc3)cc2)O1. The first kappa shape index (κ1) is 14.2. The average molecular weight is 296 g/mol. The van der Waals surface area contributed by atoms with Crippen molar-refractivity contribution in [2.75, 3.05) is 0 Å². The van der Waals surface area contributed by atoms with E-state index in [1.54, 1.807) is 0 Å². The fraction of sp³-hybridized carbons (Fsp3) is 0.167. The number of hydrogen-bond donors (Lipinski definition) is 1. The van der Waals surface area contributed by atoms with Crippen LogP contribution in [-0.4, -0.2) is 11.1 Å². The summed E-state index contributed by atoms with van der Waals surface area (Å²) in [6, 6.07) is 17.3. The van der Waals surface area contributed by atoms with E-state index in [0.717, 1.165) is 23.0 Å². The Balaban J connectivity index is 1.63. The Bertz CT molecular complexity index is 674. The van der Waals surface area contributed by atoms with Crippen LogP contribution in [0.15, 0.2) is 66.4 Å². The molecule has 2 aromatic carbocycles. The molecule has 1 aliphatic heterocycles. The summed E-state index contributed by atoms with van der Waals surface area (Å²) < 4.78 is 10.9. The van der Waals surface area contributed by atoms with E-state index in [1.165, 1.54) is 0 Å². The van der Waals surface area contributed by atoms with E-state index in [2.05, 4.69) is 0 Å². The predicted molar refractivity (Wildman–Crippen MR) is 81.4 cm³/mol. The van der Waals surface area contributed by atoms with Crippen LogP contribution >= 0.6 is 0 Å². The molecule has 0 spiro atoms. The van der Waals surface area contributed by atoms with Gasteiger partial charge in [0.15, 0.2) is 0 Å². The molecule has 0 aromatic heterocycles. The molecule has 22 heavy (non-hydrogen) atoms. The number of cyclic esters (lactones) is 1. The van der Waals surface area contributed by atoms with E-state index in [9.17, 15) is 9.90 Å². The Labute approximate surface area is 128 Å². The monoisotopic (exact) mass is 296 g/mol. The molecule has 0 amide bonds. The molecular weight excluding hydrogens is 280 g/mol. The minimum atomic E-state index is -0.516. The molecule has 0 saturated carbocycles. The standard InChI is InChI=1S/C18H16O4/c19-15-10-17(22-18(20)11-15)14-6-8-16(9-7-14)21-12-13-4-2-1-3-5-13/h1-9,11,17,19H,10,12H2. The van der Waals surface area contributed by atoms with Gasteiger partial charge in [-0.15, -0.1) is 0 Å². The van der Waals surface area contributed by atoms with Crippen LogP contribution in [0.4, 0.5) is 0 Å². The van der Waals surface area contributed by atoms with Gasteiger partial charge in [-0.2, -0.15) is 0 Å². The molecule has 0 saturated heterocycles. The van der Waals surface area contributed by atoms with E-state index in [4.69, 9.17) is 9.47 Å². The minimum absolute atomic E-state index is 0.0469. The number of rotatable bonds is 4. The molecule has 1 unspecified atom stereocenters. The van der Waals surface area contributed by atoms with Crippen molar-refractivity contribution < 1.29 is 19.4 Å². The van der Waals surface area contributed by atoms with Crippen molar-refractivity contribution >= 4 is 5.97 Å². The zero-order chi connectivity index (χ0) is 15.4. The molecule has 0 aliphatic carbocycles. The Morgan fingerprint density at radius 3 is 2.50 bits per heavy atom. The summed E-state index contributed by atoms with van der Waals surface area (Å²) in [4.78, 5) is 11.3. The lowest BCUT2D eigenvalue weighted by molar-refractivity contribution is -0.145. The van der Waals surface area contributed by atoms with Gasteiger partial charge in [-0.05, 0) is 23.3 Å². The summed E-state index contributed by atoms with van der Waals surface area (Å²) in [5, 5.41) is 9.51. The highest BCUT2D eigenvalue weighted by molar-refractivity contribution is 5.83. The van der Waals surface area contributed by atoms with Gasteiger partial charge < -0.3 is 14.6 Å². The predicted octanol–water partition coefficient (Wildman–Crippen LogP) is 3.70. The van der Waals surface area contributed by atoms with Gasteiger partial charge >= 0.3 is 5.97 Å². The van der Waals surface area contributed by atoms with E-state index in [0.29, 0.717) is 13.0 Å². The first-order valence-corrected chi connectivity index (χ1v) is 7.07. The van der Waals surface area contributed by atoms with Gasteiger partial charge in [-0.1, -0.05) is 42.5 Å². The topological polar surface area (TPSA) is 55.8 Å². The number of hydrogen-bond acceptors (Lipinski definition) is 4. The fourth-order valence-corrected chi connectivity index (χ4v) is 2.31. The molecule has 1 atom stereocenters. The Morgan fingerprint density at radius 1 is 1.09 bits per heavy atom. The van der Waals surface area contributed by atoms with E-state index in [-0.39, 0.29) is 5.76 Å². The van der Waals surface area contributed by atoms with Crippen molar-refractivity contribution in [2.45, 2.75) is 19.1 Å². The lowest BCUT2D eigenvalue weighted by Gasteiger charge is -2.21. The highest BCUT2D eigenvalue weighted by Crippen LogP contribution is 2.29. The molecule has 4 nitrogen and oxygen atoms in total. The number of ether oxygens (including phenoxy) is 2. The first-order valence-electron chi connectivity index (χ1n) is 7.07. The number of esters is 1. The third-order valence-electron chi connectivity index (χ3n) is 3.44. The maximum absolute atomic E-state index is 11.3. The van der Waals surface area contributed by atoms with E-state index >= 15 is 0 Å². The normalized spacial score (nSPS) is 17.5. The molecule has 1 heterocycles. The average Bonchev–Trinajstić information content (AvgIpc) is 2.53. The van der Waals surface area contributed by atoms with Crippen molar-refractivity contribution in [3.05, 3.63) is 77.6 Å². The van der Waals surface area contributed by atoms with Gasteiger partial charge in [-0.25, -0.2) is 4.79 Å². The summed E-state index contributed by atoms with van der Waals surface area (Å²) in [7, 11) is 0. The van der Waals surface area contributed by atoms with Crippen molar-refractivity contribution in [3.8, 4) is 5.75 Å². The van der Waals surface area contributed by atoms with Crippen LogP contribution in [0.3, 0.4) is 0 Å². The van der Waals surface area contributed by atoms with Crippen LogP contribution in [0, 0.1) is 0 Å². The summed E-state index contributed by atoms with van der Waals surface area (Å²) in [6.45, 7) is 0.502. The fourth-order valence-electron chi connectivity index (χ4n) is 2.31. The maximum Gasteiger partial charge on any atom is 0.334 e. The number of carbonyl (C=O) groups is 1. The van der Waals surface area contributed by atoms with Crippen LogP contribution in [0.2, 0.25) is 0 Å². The molecule has 0 fully saturated rings. The molecule has 0 bridgehead atoms. The largest absolute Gasteiger partial charge is 0.512 e. The summed E-state index contributed by atoms with van der Waals surface area (Å²) in [5.74, 6) is 0.276. The number of aliphatic hydroxyl groups is 1. The van der Waals surface area contributed by atoms with E-state index in [1.807, 2.05) is 54.6 Å². The highest BCUT2D eigenvalue weighted by atomic mass is 16.5. The van der Waals surface area contributed by atoms with Crippen LogP contribution < -0.4 is 4.74 Å². The molecule has 1 N–H and O–H groups in total. The van der Waals surface area contributed by atoms with Gasteiger partial charge in [0.25, 0.3) is 0 Å². The Hall–Kier alpha value is -2.75. The number of carbonyl (C=O) groups excluding carboxylic acids is 1. The zero-order valence-electron chi connectivity index (χ0n) is 11.9. The van der Waals surface area contributed by atoms with Crippen LogP contribution in [0.1, 0.15) is 23.7 Å². The molecule has 1 aliphatic rings. The van der Waals surface area contributed by atoms with Crippen molar-refractivity contribution in [1.82, 2.24) is 0 Å². The first-order chi connectivity index (χ1) is 10.7. The second kappa shape index (κ2) is 6.35. The number of benzene rings is 2.